The molecule has 144 valence electrons. The summed E-state index contributed by atoms with van der Waals surface area (Å²) in [6, 6.07) is 5.67. The second-order valence-corrected chi connectivity index (χ2v) is 7.94. The fourth-order valence-corrected chi connectivity index (χ4v) is 4.80. The van der Waals surface area contributed by atoms with Crippen molar-refractivity contribution in [1.29, 1.82) is 0 Å². The maximum absolute atomic E-state index is 12.9. The maximum Gasteiger partial charge on any atom is 0.416 e. The minimum Gasteiger partial charge on any atom is -0.335 e. The van der Waals surface area contributed by atoms with Crippen LogP contribution < -0.4 is 5.32 Å². The number of thiazole rings is 1. The number of amides is 1. The quantitative estimate of drug-likeness (QED) is 0.862. The molecule has 27 heavy (non-hydrogen) atoms. The van der Waals surface area contributed by atoms with Gasteiger partial charge in [-0.15, -0.1) is 11.3 Å². The minimum absolute atomic E-state index is 0.0621. The summed E-state index contributed by atoms with van der Waals surface area (Å²) < 4.78 is 38.7. The Bertz CT molecular complexity index is 822. The molecule has 2 atom stereocenters. The summed E-state index contributed by atoms with van der Waals surface area (Å²) in [5.74, 6) is 0.0621. The van der Waals surface area contributed by atoms with Crippen molar-refractivity contribution >= 4 is 17.2 Å². The van der Waals surface area contributed by atoms with Gasteiger partial charge in [0.2, 0.25) is 5.91 Å². The van der Waals surface area contributed by atoms with Crippen LogP contribution in [-0.2, 0) is 17.4 Å². The van der Waals surface area contributed by atoms with Gasteiger partial charge < -0.3 is 10.2 Å². The summed E-state index contributed by atoms with van der Waals surface area (Å²) in [5.41, 5.74) is 0.350. The van der Waals surface area contributed by atoms with Crippen molar-refractivity contribution < 1.29 is 18.0 Å². The van der Waals surface area contributed by atoms with Crippen molar-refractivity contribution in [3.05, 3.63) is 40.9 Å². The molecule has 8 heteroatoms. The molecule has 2 unspecified atom stereocenters. The molecule has 1 N–H and O–H groups in total. The van der Waals surface area contributed by atoms with Crippen LogP contribution in [0.2, 0.25) is 0 Å². The summed E-state index contributed by atoms with van der Waals surface area (Å²) in [6.45, 7) is 1.76. The molecule has 0 radical (unpaired) electrons. The SMILES string of the molecule is O=C(Cc1csc(-c2cccc(C(F)(F)F)c2)n1)N1C2CCNCC1CC2. The average Bonchev–Trinajstić information content (AvgIpc) is 3.17. The van der Waals surface area contributed by atoms with Crippen LogP contribution >= 0.6 is 11.3 Å². The fourth-order valence-electron chi connectivity index (χ4n) is 3.99. The number of hydrogen-bond donors (Lipinski definition) is 1. The molecule has 1 aromatic carbocycles. The number of alkyl halides is 3. The number of rotatable bonds is 3. The highest BCUT2D eigenvalue weighted by Gasteiger charge is 2.38. The van der Waals surface area contributed by atoms with Gasteiger partial charge in [-0.2, -0.15) is 13.2 Å². The zero-order valence-corrected chi connectivity index (χ0v) is 15.4. The molecule has 2 aromatic rings. The Hall–Kier alpha value is -1.93. The number of nitrogens with one attached hydrogen (secondary N) is 1. The molecule has 2 aliphatic rings. The van der Waals surface area contributed by atoms with Crippen molar-refractivity contribution in [2.24, 2.45) is 0 Å². The first-order chi connectivity index (χ1) is 12.9. The van der Waals surface area contributed by atoms with Crippen LogP contribution in [0.15, 0.2) is 29.6 Å². The first-order valence-electron chi connectivity index (χ1n) is 9.06. The van der Waals surface area contributed by atoms with E-state index >= 15 is 0 Å². The molecular formula is C19H20F3N3OS. The van der Waals surface area contributed by atoms with Crippen LogP contribution in [0, 0.1) is 0 Å². The Morgan fingerprint density at radius 1 is 1.26 bits per heavy atom. The third-order valence-corrected chi connectivity index (χ3v) is 6.20. The number of nitrogens with zero attached hydrogens (tertiary/aromatic N) is 2. The number of aromatic nitrogens is 1. The second-order valence-electron chi connectivity index (χ2n) is 7.08. The van der Waals surface area contributed by atoms with Crippen molar-refractivity contribution in [2.75, 3.05) is 13.1 Å². The lowest BCUT2D eigenvalue weighted by molar-refractivity contribution is -0.137. The van der Waals surface area contributed by atoms with Gasteiger partial charge in [0.25, 0.3) is 0 Å². The van der Waals surface area contributed by atoms with E-state index in [0.717, 1.165) is 44.5 Å². The highest BCUT2D eigenvalue weighted by atomic mass is 32.1. The van der Waals surface area contributed by atoms with E-state index in [0.29, 0.717) is 22.3 Å². The van der Waals surface area contributed by atoms with Crippen LogP contribution in [0.25, 0.3) is 10.6 Å². The smallest absolute Gasteiger partial charge is 0.335 e. The van der Waals surface area contributed by atoms with Crippen LogP contribution in [-0.4, -0.2) is 41.0 Å². The summed E-state index contributed by atoms with van der Waals surface area (Å²) in [4.78, 5) is 19.3. The minimum atomic E-state index is -4.38. The van der Waals surface area contributed by atoms with Crippen LogP contribution in [0.4, 0.5) is 13.2 Å². The predicted octanol–water partition coefficient (Wildman–Crippen LogP) is 3.72. The van der Waals surface area contributed by atoms with Gasteiger partial charge in [0.05, 0.1) is 17.7 Å². The zero-order valence-electron chi connectivity index (χ0n) is 14.6. The number of benzene rings is 1. The lowest BCUT2D eigenvalue weighted by Crippen LogP contribution is -2.43. The number of carbonyl (C=O) groups excluding carboxylic acids is 1. The molecule has 2 fully saturated rings. The van der Waals surface area contributed by atoms with Gasteiger partial charge in [-0.1, -0.05) is 12.1 Å². The summed E-state index contributed by atoms with van der Waals surface area (Å²) in [5, 5.41) is 5.64. The Labute approximate surface area is 159 Å². The predicted molar refractivity (Wildman–Crippen MR) is 97.4 cm³/mol. The molecular weight excluding hydrogens is 375 g/mol. The zero-order chi connectivity index (χ0) is 19.0. The van der Waals surface area contributed by atoms with Crippen molar-refractivity contribution in [2.45, 2.75) is 43.9 Å². The summed E-state index contributed by atoms with van der Waals surface area (Å²) in [6.07, 6.45) is -1.15. The van der Waals surface area contributed by atoms with Crippen molar-refractivity contribution in [3.63, 3.8) is 0 Å². The van der Waals surface area contributed by atoms with Gasteiger partial charge in [-0.05, 0) is 37.9 Å². The molecule has 3 heterocycles. The van der Waals surface area contributed by atoms with Gasteiger partial charge in [0.1, 0.15) is 5.01 Å². The molecule has 2 aliphatic heterocycles. The van der Waals surface area contributed by atoms with E-state index in [9.17, 15) is 18.0 Å². The van der Waals surface area contributed by atoms with Crippen molar-refractivity contribution in [1.82, 2.24) is 15.2 Å². The molecule has 0 saturated carbocycles. The van der Waals surface area contributed by atoms with Crippen LogP contribution in [0.5, 0.6) is 0 Å². The summed E-state index contributed by atoms with van der Waals surface area (Å²) in [7, 11) is 0. The second kappa shape index (κ2) is 7.24. The molecule has 1 aromatic heterocycles. The maximum atomic E-state index is 12.9. The molecule has 1 amide bonds. The lowest BCUT2D eigenvalue weighted by atomic mass is 10.1. The van der Waals surface area contributed by atoms with Gasteiger partial charge in [-0.3, -0.25) is 4.79 Å². The normalized spacial score (nSPS) is 22.7. The van der Waals surface area contributed by atoms with E-state index < -0.39 is 11.7 Å². The monoisotopic (exact) mass is 395 g/mol. The lowest BCUT2D eigenvalue weighted by Gasteiger charge is -2.27. The van der Waals surface area contributed by atoms with E-state index in [1.165, 1.54) is 17.4 Å². The highest BCUT2D eigenvalue weighted by Crippen LogP contribution is 2.33. The Morgan fingerprint density at radius 2 is 2.07 bits per heavy atom. The molecule has 2 bridgehead atoms. The Balaban J connectivity index is 1.49. The van der Waals surface area contributed by atoms with Gasteiger partial charge in [0, 0.05) is 29.6 Å². The van der Waals surface area contributed by atoms with E-state index in [1.807, 2.05) is 4.90 Å². The summed E-state index contributed by atoms with van der Waals surface area (Å²) >= 11 is 1.27. The molecule has 2 saturated heterocycles. The van der Waals surface area contributed by atoms with E-state index in [1.54, 1.807) is 11.4 Å². The molecule has 4 rings (SSSR count). The largest absolute Gasteiger partial charge is 0.416 e. The third-order valence-electron chi connectivity index (χ3n) is 5.26. The van der Waals surface area contributed by atoms with E-state index in [-0.39, 0.29) is 18.4 Å². The van der Waals surface area contributed by atoms with Gasteiger partial charge in [0.15, 0.2) is 0 Å². The highest BCUT2D eigenvalue weighted by molar-refractivity contribution is 7.13. The molecule has 0 spiro atoms. The number of halogens is 3. The first-order valence-corrected chi connectivity index (χ1v) is 9.94. The van der Waals surface area contributed by atoms with Gasteiger partial charge in [-0.25, -0.2) is 4.98 Å². The van der Waals surface area contributed by atoms with Crippen LogP contribution in [0.1, 0.15) is 30.5 Å². The number of hydrogen-bond acceptors (Lipinski definition) is 4. The topological polar surface area (TPSA) is 45.2 Å². The van der Waals surface area contributed by atoms with Gasteiger partial charge >= 0.3 is 6.18 Å². The van der Waals surface area contributed by atoms with E-state index in [2.05, 4.69) is 10.3 Å². The van der Waals surface area contributed by atoms with E-state index in [4.69, 9.17) is 0 Å². The number of carbonyl (C=O) groups is 1. The Morgan fingerprint density at radius 3 is 2.89 bits per heavy atom. The third kappa shape index (κ3) is 3.87. The Kier molecular flexibility index (Phi) is 4.94. The standard InChI is InChI=1S/C19H20F3N3OS/c20-19(21,22)13-3-1-2-12(8-13)18-24-14(11-27-18)9-17(26)25-15-4-5-16(25)10-23-7-6-15/h1-3,8,11,15-16,23H,4-7,9-10H2. The molecule has 0 aliphatic carbocycles. The van der Waals surface area contributed by atoms with Crippen LogP contribution in [0.3, 0.4) is 0 Å². The fraction of sp³-hybridized carbons (Fsp3) is 0.474. The van der Waals surface area contributed by atoms with Crippen molar-refractivity contribution in [3.8, 4) is 10.6 Å². The molecule has 4 nitrogen and oxygen atoms in total. The number of fused-ring (bicyclic) bond motifs is 2. The first kappa shape index (κ1) is 18.4. The average molecular weight is 395 g/mol.